The summed E-state index contributed by atoms with van der Waals surface area (Å²) in [4.78, 5) is 28.2. The Morgan fingerprint density at radius 2 is 1.78 bits per heavy atom. The van der Waals surface area contributed by atoms with Crippen molar-refractivity contribution in [3.05, 3.63) is 103 Å². The number of methoxy groups -OCH3 is 1. The Hall–Kier alpha value is -4.52. The molecule has 4 rings (SSSR count). The van der Waals surface area contributed by atoms with Crippen LogP contribution in [0.15, 0.2) is 91.4 Å². The SMILES string of the molecule is COC(=O)c1ccc(NC(=O)/C=C/c2cn(-c3ccccc3)nc2-c2cccnc2)cc1. The van der Waals surface area contributed by atoms with Crippen LogP contribution in [0.4, 0.5) is 5.69 Å². The Bertz CT molecular complexity index is 1250. The van der Waals surface area contributed by atoms with Crippen molar-refractivity contribution in [2.45, 2.75) is 0 Å². The summed E-state index contributed by atoms with van der Waals surface area (Å²) in [6.45, 7) is 0. The van der Waals surface area contributed by atoms with E-state index in [1.165, 1.54) is 13.2 Å². The highest BCUT2D eigenvalue weighted by Gasteiger charge is 2.11. The van der Waals surface area contributed by atoms with Gasteiger partial charge in [-0.25, -0.2) is 9.48 Å². The molecule has 0 fully saturated rings. The average Bonchev–Trinajstić information content (AvgIpc) is 3.28. The molecule has 2 aromatic carbocycles. The van der Waals surface area contributed by atoms with Crippen molar-refractivity contribution < 1.29 is 14.3 Å². The molecule has 1 amide bonds. The van der Waals surface area contributed by atoms with Gasteiger partial charge in [0.05, 0.1) is 18.4 Å². The lowest BCUT2D eigenvalue weighted by Gasteiger charge is -2.03. The Morgan fingerprint density at radius 3 is 2.47 bits per heavy atom. The highest BCUT2D eigenvalue weighted by molar-refractivity contribution is 6.02. The van der Waals surface area contributed by atoms with Crippen LogP contribution in [0.2, 0.25) is 0 Å². The molecule has 0 atom stereocenters. The zero-order chi connectivity index (χ0) is 22.3. The number of hydrogen-bond acceptors (Lipinski definition) is 5. The maximum atomic E-state index is 12.5. The minimum Gasteiger partial charge on any atom is -0.465 e. The fourth-order valence-electron chi connectivity index (χ4n) is 3.11. The molecule has 0 bridgehead atoms. The Balaban J connectivity index is 1.56. The molecule has 4 aromatic rings. The quantitative estimate of drug-likeness (QED) is 0.367. The number of anilines is 1. The molecule has 0 saturated carbocycles. The second-order valence-electron chi connectivity index (χ2n) is 6.85. The molecule has 7 nitrogen and oxygen atoms in total. The van der Waals surface area contributed by atoms with E-state index in [0.29, 0.717) is 16.9 Å². The zero-order valence-corrected chi connectivity index (χ0v) is 17.3. The fourth-order valence-corrected chi connectivity index (χ4v) is 3.11. The van der Waals surface area contributed by atoms with Crippen LogP contribution in [0.1, 0.15) is 15.9 Å². The topological polar surface area (TPSA) is 86.1 Å². The van der Waals surface area contributed by atoms with Crippen LogP contribution in [-0.4, -0.2) is 33.8 Å². The monoisotopic (exact) mass is 424 g/mol. The molecule has 0 unspecified atom stereocenters. The summed E-state index contributed by atoms with van der Waals surface area (Å²) >= 11 is 0. The number of pyridine rings is 1. The largest absolute Gasteiger partial charge is 0.465 e. The van der Waals surface area contributed by atoms with Crippen molar-refractivity contribution >= 4 is 23.6 Å². The van der Waals surface area contributed by atoms with Crippen LogP contribution in [0, 0.1) is 0 Å². The van der Waals surface area contributed by atoms with Crippen molar-refractivity contribution in [1.82, 2.24) is 14.8 Å². The molecule has 0 aliphatic rings. The first-order chi connectivity index (χ1) is 15.6. The van der Waals surface area contributed by atoms with Gasteiger partial charge in [-0.15, -0.1) is 0 Å². The standard InChI is InChI=1S/C25H20N4O3/c1-32-25(31)18-9-12-21(13-10-18)27-23(30)14-11-20-17-29(22-7-3-2-4-8-22)28-24(20)19-6-5-15-26-16-19/h2-17H,1H3,(H,27,30)/b14-11+. The fraction of sp³-hybridized carbons (Fsp3) is 0.0400. The highest BCUT2D eigenvalue weighted by atomic mass is 16.5. The van der Waals surface area contributed by atoms with Gasteiger partial charge < -0.3 is 10.1 Å². The van der Waals surface area contributed by atoms with E-state index in [1.807, 2.05) is 48.7 Å². The highest BCUT2D eigenvalue weighted by Crippen LogP contribution is 2.24. The molecule has 0 radical (unpaired) electrons. The number of ether oxygens (including phenoxy) is 1. The minimum atomic E-state index is -0.430. The van der Waals surface area contributed by atoms with Gasteiger partial charge in [-0.3, -0.25) is 9.78 Å². The van der Waals surface area contributed by atoms with Crippen molar-refractivity contribution in [2.75, 3.05) is 12.4 Å². The molecular weight excluding hydrogens is 404 g/mol. The summed E-state index contributed by atoms with van der Waals surface area (Å²) in [5.41, 5.74) is 4.23. The number of amides is 1. The van der Waals surface area contributed by atoms with Gasteiger partial charge in [0, 0.05) is 41.5 Å². The number of carbonyl (C=O) groups excluding carboxylic acids is 2. The maximum absolute atomic E-state index is 12.5. The molecule has 0 aliphatic heterocycles. The molecule has 2 aromatic heterocycles. The summed E-state index contributed by atoms with van der Waals surface area (Å²) in [6.07, 6.45) is 8.46. The van der Waals surface area contributed by atoms with Gasteiger partial charge in [0.2, 0.25) is 5.91 Å². The summed E-state index contributed by atoms with van der Waals surface area (Å²) in [5.74, 6) is -0.735. The number of nitrogens with one attached hydrogen (secondary N) is 1. The van der Waals surface area contributed by atoms with Crippen molar-refractivity contribution in [2.24, 2.45) is 0 Å². The van der Waals surface area contributed by atoms with E-state index < -0.39 is 5.97 Å². The molecule has 0 saturated heterocycles. The molecule has 0 spiro atoms. The number of benzene rings is 2. The van der Waals surface area contributed by atoms with Crippen molar-refractivity contribution in [3.63, 3.8) is 0 Å². The first-order valence-electron chi connectivity index (χ1n) is 9.87. The van der Waals surface area contributed by atoms with Crippen LogP contribution in [0.5, 0.6) is 0 Å². The van der Waals surface area contributed by atoms with Crippen LogP contribution in [0.25, 0.3) is 23.0 Å². The maximum Gasteiger partial charge on any atom is 0.337 e. The van der Waals surface area contributed by atoms with Gasteiger partial charge in [0.25, 0.3) is 0 Å². The lowest BCUT2D eigenvalue weighted by atomic mass is 10.1. The van der Waals surface area contributed by atoms with E-state index in [2.05, 4.69) is 15.0 Å². The van der Waals surface area contributed by atoms with Gasteiger partial charge in [0.15, 0.2) is 0 Å². The van der Waals surface area contributed by atoms with Crippen LogP contribution < -0.4 is 5.32 Å². The van der Waals surface area contributed by atoms with E-state index in [9.17, 15) is 9.59 Å². The van der Waals surface area contributed by atoms with Crippen LogP contribution in [0.3, 0.4) is 0 Å². The van der Waals surface area contributed by atoms with Crippen molar-refractivity contribution in [1.29, 1.82) is 0 Å². The molecule has 0 aliphatic carbocycles. The zero-order valence-electron chi connectivity index (χ0n) is 17.3. The second kappa shape index (κ2) is 9.53. The first kappa shape index (κ1) is 20.7. The normalized spacial score (nSPS) is 10.8. The number of aromatic nitrogens is 3. The smallest absolute Gasteiger partial charge is 0.337 e. The predicted molar refractivity (Wildman–Crippen MR) is 122 cm³/mol. The van der Waals surface area contributed by atoms with E-state index >= 15 is 0 Å². The van der Waals surface area contributed by atoms with Crippen molar-refractivity contribution in [3.8, 4) is 16.9 Å². The number of hydrogen-bond donors (Lipinski definition) is 1. The molecule has 32 heavy (non-hydrogen) atoms. The minimum absolute atomic E-state index is 0.305. The number of carbonyl (C=O) groups is 2. The molecular formula is C25H20N4O3. The second-order valence-corrected chi connectivity index (χ2v) is 6.85. The predicted octanol–water partition coefficient (Wildman–Crippen LogP) is 4.37. The third kappa shape index (κ3) is 4.79. The Kier molecular flexibility index (Phi) is 6.17. The van der Waals surface area contributed by atoms with Gasteiger partial charge in [0.1, 0.15) is 5.69 Å². The van der Waals surface area contributed by atoms with Crippen LogP contribution in [-0.2, 0) is 9.53 Å². The number of nitrogens with zero attached hydrogens (tertiary/aromatic N) is 3. The lowest BCUT2D eigenvalue weighted by molar-refractivity contribution is -0.111. The lowest BCUT2D eigenvalue weighted by Crippen LogP contribution is -2.08. The third-order valence-corrected chi connectivity index (χ3v) is 4.69. The van der Waals surface area contributed by atoms with E-state index in [-0.39, 0.29) is 5.91 Å². The Labute approximate surface area is 185 Å². The van der Waals surface area contributed by atoms with E-state index in [4.69, 9.17) is 5.10 Å². The molecule has 158 valence electrons. The number of esters is 1. The third-order valence-electron chi connectivity index (χ3n) is 4.69. The van der Waals surface area contributed by atoms with E-state index in [0.717, 1.165) is 16.8 Å². The van der Waals surface area contributed by atoms with Gasteiger partial charge in [-0.1, -0.05) is 18.2 Å². The molecule has 7 heteroatoms. The summed E-state index contributed by atoms with van der Waals surface area (Å²) in [5, 5.41) is 7.47. The van der Waals surface area contributed by atoms with Crippen LogP contribution >= 0.6 is 0 Å². The summed E-state index contributed by atoms with van der Waals surface area (Å²) in [6, 6.07) is 20.0. The average molecular weight is 424 g/mol. The number of rotatable bonds is 6. The Morgan fingerprint density at radius 1 is 1.00 bits per heavy atom. The van der Waals surface area contributed by atoms with E-state index in [1.54, 1.807) is 47.4 Å². The summed E-state index contributed by atoms with van der Waals surface area (Å²) < 4.78 is 6.45. The van der Waals surface area contributed by atoms with Gasteiger partial charge in [-0.2, -0.15) is 5.10 Å². The molecule has 1 N–H and O–H groups in total. The summed E-state index contributed by atoms with van der Waals surface area (Å²) in [7, 11) is 1.32. The van der Waals surface area contributed by atoms with Gasteiger partial charge >= 0.3 is 5.97 Å². The van der Waals surface area contributed by atoms with Gasteiger partial charge in [-0.05, 0) is 54.6 Å². The number of para-hydroxylation sites is 1. The first-order valence-corrected chi connectivity index (χ1v) is 9.87. The molecule has 2 heterocycles.